The Morgan fingerprint density at radius 3 is 2.95 bits per heavy atom. The van der Waals surface area contributed by atoms with Gasteiger partial charge in [0.1, 0.15) is 16.5 Å². The zero-order valence-electron chi connectivity index (χ0n) is 10.6. The van der Waals surface area contributed by atoms with Gasteiger partial charge < -0.3 is 9.64 Å². The molecule has 0 aliphatic carbocycles. The van der Waals surface area contributed by atoms with E-state index in [1.165, 1.54) is 11.3 Å². The number of hydrogen-bond donors (Lipinski definition) is 0. The van der Waals surface area contributed by atoms with E-state index in [9.17, 15) is 13.2 Å². The van der Waals surface area contributed by atoms with Crippen LogP contribution in [0, 0.1) is 6.92 Å². The van der Waals surface area contributed by atoms with Crippen molar-refractivity contribution in [1.29, 1.82) is 0 Å². The molecule has 108 valence electrons. The van der Waals surface area contributed by atoms with Crippen LogP contribution >= 0.6 is 11.3 Å². The molecule has 2 aromatic heterocycles. The van der Waals surface area contributed by atoms with Gasteiger partial charge in [0.15, 0.2) is 6.10 Å². The van der Waals surface area contributed by atoms with Crippen LogP contribution in [0.4, 0.5) is 19.0 Å². The average molecular weight is 303 g/mol. The quantitative estimate of drug-likeness (QED) is 0.812. The van der Waals surface area contributed by atoms with Crippen molar-refractivity contribution in [2.45, 2.75) is 19.2 Å². The first kappa shape index (κ1) is 13.6. The third-order valence-electron chi connectivity index (χ3n) is 3.15. The molecule has 1 aliphatic rings. The Bertz CT molecular complexity index is 628. The molecule has 20 heavy (non-hydrogen) atoms. The zero-order valence-corrected chi connectivity index (χ0v) is 11.5. The SMILES string of the molecule is Cc1nc(N2CCOC(C(F)(F)F)C2)c2ccsc2n1. The number of thiophene rings is 1. The van der Waals surface area contributed by atoms with E-state index >= 15 is 0 Å². The summed E-state index contributed by atoms with van der Waals surface area (Å²) >= 11 is 1.45. The lowest BCUT2D eigenvalue weighted by atomic mass is 10.2. The molecule has 0 spiro atoms. The maximum absolute atomic E-state index is 12.8. The van der Waals surface area contributed by atoms with Crippen molar-refractivity contribution >= 4 is 27.4 Å². The first-order valence-corrected chi connectivity index (χ1v) is 6.98. The molecule has 1 fully saturated rings. The zero-order chi connectivity index (χ0) is 14.3. The summed E-state index contributed by atoms with van der Waals surface area (Å²) < 4.78 is 43.2. The number of nitrogens with zero attached hydrogens (tertiary/aromatic N) is 3. The van der Waals surface area contributed by atoms with Crippen molar-refractivity contribution in [2.24, 2.45) is 0 Å². The molecule has 1 saturated heterocycles. The fraction of sp³-hybridized carbons (Fsp3) is 0.500. The normalized spacial score (nSPS) is 20.6. The van der Waals surface area contributed by atoms with Crippen LogP contribution in [-0.2, 0) is 4.74 Å². The number of halogens is 3. The van der Waals surface area contributed by atoms with E-state index < -0.39 is 12.3 Å². The van der Waals surface area contributed by atoms with Gasteiger partial charge in [-0.3, -0.25) is 0 Å². The van der Waals surface area contributed by atoms with Crippen molar-refractivity contribution in [3.8, 4) is 0 Å². The standard InChI is InChI=1S/C12H12F3N3OS/c1-7-16-10(8-2-5-20-11(8)17-7)18-3-4-19-9(6-18)12(13,14)15/h2,5,9H,3-4,6H2,1H3. The molecule has 1 atom stereocenters. The van der Waals surface area contributed by atoms with Gasteiger partial charge in [0.25, 0.3) is 0 Å². The Morgan fingerprint density at radius 2 is 2.20 bits per heavy atom. The van der Waals surface area contributed by atoms with Crippen molar-refractivity contribution < 1.29 is 17.9 Å². The third-order valence-corrected chi connectivity index (χ3v) is 3.95. The van der Waals surface area contributed by atoms with Gasteiger partial charge in [-0.15, -0.1) is 11.3 Å². The van der Waals surface area contributed by atoms with Crippen LogP contribution in [0.3, 0.4) is 0 Å². The summed E-state index contributed by atoms with van der Waals surface area (Å²) in [6, 6.07) is 1.84. The highest BCUT2D eigenvalue weighted by molar-refractivity contribution is 7.16. The second-order valence-corrected chi connectivity index (χ2v) is 5.48. The lowest BCUT2D eigenvalue weighted by Crippen LogP contribution is -2.49. The third kappa shape index (κ3) is 2.45. The average Bonchev–Trinajstić information content (AvgIpc) is 2.85. The topological polar surface area (TPSA) is 38.2 Å². The van der Waals surface area contributed by atoms with Crippen LogP contribution in [0.5, 0.6) is 0 Å². The van der Waals surface area contributed by atoms with Gasteiger partial charge in [0, 0.05) is 6.54 Å². The van der Waals surface area contributed by atoms with Crippen LogP contribution in [0.2, 0.25) is 0 Å². The first-order valence-electron chi connectivity index (χ1n) is 6.10. The minimum absolute atomic E-state index is 0.0405. The van der Waals surface area contributed by atoms with Crippen LogP contribution in [0.15, 0.2) is 11.4 Å². The molecule has 4 nitrogen and oxygen atoms in total. The Labute approximate surface area is 117 Å². The second kappa shape index (κ2) is 4.85. The molecule has 0 saturated carbocycles. The van der Waals surface area contributed by atoms with Gasteiger partial charge in [-0.25, -0.2) is 9.97 Å². The molecule has 0 bridgehead atoms. The van der Waals surface area contributed by atoms with E-state index in [4.69, 9.17) is 4.74 Å². The lowest BCUT2D eigenvalue weighted by Gasteiger charge is -2.34. The van der Waals surface area contributed by atoms with Crippen molar-refractivity contribution in [3.05, 3.63) is 17.3 Å². The highest BCUT2D eigenvalue weighted by Crippen LogP contribution is 2.31. The van der Waals surface area contributed by atoms with E-state index in [2.05, 4.69) is 9.97 Å². The van der Waals surface area contributed by atoms with E-state index in [0.717, 1.165) is 10.2 Å². The molecule has 2 aromatic rings. The molecule has 0 aromatic carbocycles. The predicted molar refractivity (Wildman–Crippen MR) is 70.2 cm³/mol. The maximum atomic E-state index is 12.8. The molecule has 1 aliphatic heterocycles. The van der Waals surface area contributed by atoms with Crippen molar-refractivity contribution in [1.82, 2.24) is 9.97 Å². The van der Waals surface area contributed by atoms with Crippen LogP contribution in [0.25, 0.3) is 10.2 Å². The van der Waals surface area contributed by atoms with Gasteiger partial charge >= 0.3 is 6.18 Å². The van der Waals surface area contributed by atoms with Gasteiger partial charge in [-0.1, -0.05) is 0 Å². The Balaban J connectivity index is 1.96. The van der Waals surface area contributed by atoms with E-state index in [-0.39, 0.29) is 13.2 Å². The summed E-state index contributed by atoms with van der Waals surface area (Å²) in [4.78, 5) is 11.0. The predicted octanol–water partition coefficient (Wildman–Crippen LogP) is 2.77. The van der Waals surface area contributed by atoms with Gasteiger partial charge in [-0.05, 0) is 18.4 Å². The largest absolute Gasteiger partial charge is 0.416 e. The molecular weight excluding hydrogens is 291 g/mol. The Kier molecular flexibility index (Phi) is 3.29. The number of rotatable bonds is 1. The lowest BCUT2D eigenvalue weighted by molar-refractivity contribution is -0.221. The highest BCUT2D eigenvalue weighted by atomic mass is 32.1. The number of aryl methyl sites for hydroxylation is 1. The molecule has 0 amide bonds. The number of hydrogen-bond acceptors (Lipinski definition) is 5. The number of aromatic nitrogens is 2. The number of alkyl halides is 3. The summed E-state index contributed by atoms with van der Waals surface area (Å²) in [5.74, 6) is 1.12. The van der Waals surface area contributed by atoms with Crippen LogP contribution < -0.4 is 4.90 Å². The van der Waals surface area contributed by atoms with Crippen molar-refractivity contribution in [2.75, 3.05) is 24.6 Å². The second-order valence-electron chi connectivity index (χ2n) is 4.58. The molecule has 3 heterocycles. The summed E-state index contributed by atoms with van der Waals surface area (Å²) in [7, 11) is 0. The Morgan fingerprint density at radius 1 is 1.40 bits per heavy atom. The highest BCUT2D eigenvalue weighted by Gasteiger charge is 2.43. The minimum atomic E-state index is -4.35. The summed E-state index contributed by atoms with van der Waals surface area (Å²) in [6.45, 7) is 1.95. The minimum Gasteiger partial charge on any atom is -0.365 e. The first-order chi connectivity index (χ1) is 9.45. The van der Waals surface area contributed by atoms with E-state index in [1.54, 1.807) is 11.8 Å². The summed E-state index contributed by atoms with van der Waals surface area (Å²) in [5, 5.41) is 2.66. The van der Waals surface area contributed by atoms with Crippen LogP contribution in [-0.4, -0.2) is 41.9 Å². The van der Waals surface area contributed by atoms with E-state index in [1.807, 2.05) is 11.4 Å². The molecule has 3 rings (SSSR count). The number of ether oxygens (including phenoxy) is 1. The fourth-order valence-corrected chi connectivity index (χ4v) is 3.03. The van der Waals surface area contributed by atoms with Gasteiger partial charge in [-0.2, -0.15) is 13.2 Å². The number of anilines is 1. The number of morpholine rings is 1. The molecule has 8 heteroatoms. The number of fused-ring (bicyclic) bond motifs is 1. The summed E-state index contributed by atoms with van der Waals surface area (Å²) in [6.07, 6.45) is -6.12. The van der Waals surface area contributed by atoms with Gasteiger partial charge in [0.05, 0.1) is 18.5 Å². The fourth-order valence-electron chi connectivity index (χ4n) is 2.22. The van der Waals surface area contributed by atoms with E-state index in [0.29, 0.717) is 18.2 Å². The smallest absolute Gasteiger partial charge is 0.365 e. The molecular formula is C12H12F3N3OS. The van der Waals surface area contributed by atoms with Crippen LogP contribution in [0.1, 0.15) is 5.82 Å². The van der Waals surface area contributed by atoms with Crippen molar-refractivity contribution in [3.63, 3.8) is 0 Å². The maximum Gasteiger partial charge on any atom is 0.416 e. The summed E-state index contributed by atoms with van der Waals surface area (Å²) in [5.41, 5.74) is 0. The monoisotopic (exact) mass is 303 g/mol. The molecule has 0 N–H and O–H groups in total. The Hall–Kier alpha value is -1.41. The molecule has 1 unspecified atom stereocenters. The molecule has 0 radical (unpaired) electrons. The van der Waals surface area contributed by atoms with Gasteiger partial charge in [0.2, 0.25) is 0 Å².